The maximum Gasteiger partial charge on any atom is 0.254 e. The molecule has 0 saturated carbocycles. The summed E-state index contributed by atoms with van der Waals surface area (Å²) in [5.74, 6) is -0.660. The van der Waals surface area contributed by atoms with Crippen LogP contribution in [0.3, 0.4) is 0 Å². The van der Waals surface area contributed by atoms with E-state index in [1.54, 1.807) is 24.0 Å². The lowest BCUT2D eigenvalue weighted by atomic mass is 10.0. The number of carbonyl (C=O) groups is 1. The number of hydrogen-bond acceptors (Lipinski definition) is 3. The zero-order valence-electron chi connectivity index (χ0n) is 12.8. The molecule has 1 aliphatic heterocycles. The molecule has 122 valence electrons. The first-order valence-corrected chi connectivity index (χ1v) is 9.19. The van der Waals surface area contributed by atoms with Crippen LogP contribution in [0.15, 0.2) is 18.2 Å². The van der Waals surface area contributed by atoms with Gasteiger partial charge in [0.05, 0.1) is 6.26 Å². The fourth-order valence-corrected chi connectivity index (χ4v) is 3.11. The summed E-state index contributed by atoms with van der Waals surface area (Å²) in [4.78, 5) is 14.2. The largest absolute Gasteiger partial charge is 0.334 e. The number of hydrogen-bond donors (Lipinski definition) is 1. The Morgan fingerprint density at radius 1 is 1.41 bits per heavy atom. The van der Waals surface area contributed by atoms with Crippen LogP contribution in [0.5, 0.6) is 0 Å². The van der Waals surface area contributed by atoms with Gasteiger partial charge in [0.25, 0.3) is 5.91 Å². The molecule has 1 atom stereocenters. The Bertz CT molecular complexity index is 661. The molecule has 0 bridgehead atoms. The molecule has 2 rings (SSSR count). The van der Waals surface area contributed by atoms with Gasteiger partial charge in [0, 0.05) is 24.7 Å². The van der Waals surface area contributed by atoms with Crippen LogP contribution in [-0.2, 0) is 10.0 Å². The number of aryl methyl sites for hydroxylation is 1. The molecule has 7 heteroatoms. The van der Waals surface area contributed by atoms with Crippen LogP contribution in [0, 0.1) is 12.7 Å². The maximum atomic E-state index is 13.6. The van der Waals surface area contributed by atoms with E-state index in [0.717, 1.165) is 25.5 Å². The van der Waals surface area contributed by atoms with Crippen molar-refractivity contribution < 1.29 is 17.6 Å². The lowest BCUT2D eigenvalue weighted by molar-refractivity contribution is 0.0618. The third-order valence-electron chi connectivity index (χ3n) is 3.89. The molecule has 22 heavy (non-hydrogen) atoms. The Morgan fingerprint density at radius 2 is 2.14 bits per heavy atom. The molecular weight excluding hydrogens is 307 g/mol. The number of piperidine rings is 1. The second-order valence-electron chi connectivity index (χ2n) is 5.73. The van der Waals surface area contributed by atoms with Gasteiger partial charge in [-0.1, -0.05) is 6.07 Å². The van der Waals surface area contributed by atoms with E-state index in [-0.39, 0.29) is 18.5 Å². The number of likely N-dealkylation sites (tertiary alicyclic amines) is 1. The molecule has 1 heterocycles. The fraction of sp³-hybridized carbons (Fsp3) is 0.533. The molecule has 1 N–H and O–H groups in total. The number of amides is 1. The van der Waals surface area contributed by atoms with E-state index in [1.165, 1.54) is 6.07 Å². The maximum absolute atomic E-state index is 13.6. The number of halogens is 1. The van der Waals surface area contributed by atoms with Gasteiger partial charge in [-0.05, 0) is 43.9 Å². The predicted molar refractivity (Wildman–Crippen MR) is 82.7 cm³/mol. The van der Waals surface area contributed by atoms with Gasteiger partial charge in [-0.3, -0.25) is 4.79 Å². The summed E-state index contributed by atoms with van der Waals surface area (Å²) in [6, 6.07) is 4.24. The number of nitrogens with one attached hydrogen (secondary N) is 1. The standard InChI is InChI=1S/C15H21FN2O3S/c1-11-6-7-12(9-14(11)16)15(19)18-8-4-3-5-13(18)10-17-22(2,20)21/h6-7,9,13,17H,3-5,8,10H2,1-2H3/t13-/m0/s1. The highest BCUT2D eigenvalue weighted by molar-refractivity contribution is 7.88. The SMILES string of the molecule is Cc1ccc(C(=O)N2CCCC[C@H]2CNS(C)(=O)=O)cc1F. The van der Waals surface area contributed by atoms with Crippen molar-refractivity contribution in [2.45, 2.75) is 32.2 Å². The monoisotopic (exact) mass is 328 g/mol. The molecule has 1 saturated heterocycles. The van der Waals surface area contributed by atoms with Crippen molar-refractivity contribution in [1.82, 2.24) is 9.62 Å². The van der Waals surface area contributed by atoms with Gasteiger partial charge < -0.3 is 4.90 Å². The zero-order chi connectivity index (χ0) is 16.3. The fourth-order valence-electron chi connectivity index (χ4n) is 2.62. The van der Waals surface area contributed by atoms with E-state index in [2.05, 4.69) is 4.72 Å². The van der Waals surface area contributed by atoms with E-state index in [9.17, 15) is 17.6 Å². The molecule has 1 fully saturated rings. The minimum Gasteiger partial charge on any atom is -0.334 e. The topological polar surface area (TPSA) is 66.5 Å². The van der Waals surface area contributed by atoms with Gasteiger partial charge in [0.2, 0.25) is 10.0 Å². The van der Waals surface area contributed by atoms with Gasteiger partial charge in [0.1, 0.15) is 5.82 Å². The molecule has 5 nitrogen and oxygen atoms in total. The van der Waals surface area contributed by atoms with Crippen molar-refractivity contribution in [3.63, 3.8) is 0 Å². The van der Waals surface area contributed by atoms with E-state index < -0.39 is 15.8 Å². The molecular formula is C15H21FN2O3S. The minimum atomic E-state index is -3.30. The molecule has 0 unspecified atom stereocenters. The van der Waals surface area contributed by atoms with Crippen molar-refractivity contribution in [1.29, 1.82) is 0 Å². The summed E-state index contributed by atoms with van der Waals surface area (Å²) < 4.78 is 38.6. The zero-order valence-corrected chi connectivity index (χ0v) is 13.6. The first kappa shape index (κ1) is 16.9. The highest BCUT2D eigenvalue weighted by Gasteiger charge is 2.28. The van der Waals surface area contributed by atoms with Gasteiger partial charge in [-0.25, -0.2) is 17.5 Å². The van der Waals surface area contributed by atoms with Crippen LogP contribution < -0.4 is 4.72 Å². The van der Waals surface area contributed by atoms with E-state index in [1.807, 2.05) is 0 Å². The summed E-state index contributed by atoms with van der Waals surface area (Å²) in [6.45, 7) is 2.40. The Morgan fingerprint density at radius 3 is 2.77 bits per heavy atom. The van der Waals surface area contributed by atoms with Gasteiger partial charge >= 0.3 is 0 Å². The smallest absolute Gasteiger partial charge is 0.254 e. The van der Waals surface area contributed by atoms with Gasteiger partial charge in [0.15, 0.2) is 0 Å². The van der Waals surface area contributed by atoms with Crippen molar-refractivity contribution >= 4 is 15.9 Å². The lowest BCUT2D eigenvalue weighted by Gasteiger charge is -2.35. The molecule has 0 aliphatic carbocycles. The Labute approximate surface area is 130 Å². The summed E-state index contributed by atoms with van der Waals surface area (Å²) >= 11 is 0. The quantitative estimate of drug-likeness (QED) is 0.914. The van der Waals surface area contributed by atoms with E-state index >= 15 is 0 Å². The van der Waals surface area contributed by atoms with Gasteiger partial charge in [-0.2, -0.15) is 0 Å². The van der Waals surface area contributed by atoms with Crippen LogP contribution in [-0.4, -0.2) is 44.6 Å². The highest BCUT2D eigenvalue weighted by Crippen LogP contribution is 2.20. The van der Waals surface area contributed by atoms with E-state index in [0.29, 0.717) is 17.7 Å². The summed E-state index contributed by atoms with van der Waals surface area (Å²) in [5, 5.41) is 0. The molecule has 1 aromatic rings. The van der Waals surface area contributed by atoms with Crippen LogP contribution in [0.4, 0.5) is 4.39 Å². The van der Waals surface area contributed by atoms with Crippen molar-refractivity contribution in [2.24, 2.45) is 0 Å². The van der Waals surface area contributed by atoms with Crippen LogP contribution >= 0.6 is 0 Å². The first-order chi connectivity index (χ1) is 10.3. The minimum absolute atomic E-state index is 0.193. The van der Waals surface area contributed by atoms with Crippen LogP contribution in [0.2, 0.25) is 0 Å². The number of carbonyl (C=O) groups excluding carboxylic acids is 1. The molecule has 0 radical (unpaired) electrons. The van der Waals surface area contributed by atoms with Crippen LogP contribution in [0.1, 0.15) is 35.2 Å². The van der Waals surface area contributed by atoms with Crippen LogP contribution in [0.25, 0.3) is 0 Å². The third-order valence-corrected chi connectivity index (χ3v) is 4.58. The Balaban J connectivity index is 2.15. The number of rotatable bonds is 4. The summed E-state index contributed by atoms with van der Waals surface area (Å²) in [7, 11) is -3.30. The number of nitrogens with zero attached hydrogens (tertiary/aromatic N) is 1. The number of benzene rings is 1. The molecule has 1 aromatic carbocycles. The summed E-state index contributed by atoms with van der Waals surface area (Å²) in [5.41, 5.74) is 0.792. The van der Waals surface area contributed by atoms with Crippen molar-refractivity contribution in [3.8, 4) is 0 Å². The normalized spacial score (nSPS) is 19.2. The van der Waals surface area contributed by atoms with Crippen molar-refractivity contribution in [2.75, 3.05) is 19.3 Å². The van der Waals surface area contributed by atoms with Gasteiger partial charge in [-0.15, -0.1) is 0 Å². The molecule has 0 spiro atoms. The summed E-state index contributed by atoms with van der Waals surface area (Å²) in [6.07, 6.45) is 3.65. The average Bonchev–Trinajstić information content (AvgIpc) is 2.47. The predicted octanol–water partition coefficient (Wildman–Crippen LogP) is 1.68. The Kier molecular flexibility index (Phi) is 5.18. The average molecular weight is 328 g/mol. The second-order valence-corrected chi connectivity index (χ2v) is 7.57. The second kappa shape index (κ2) is 6.75. The highest BCUT2D eigenvalue weighted by atomic mass is 32.2. The lowest BCUT2D eigenvalue weighted by Crippen LogP contribution is -2.49. The first-order valence-electron chi connectivity index (χ1n) is 7.29. The van der Waals surface area contributed by atoms with Crippen molar-refractivity contribution in [3.05, 3.63) is 35.1 Å². The molecule has 1 amide bonds. The molecule has 0 aromatic heterocycles. The molecule has 1 aliphatic rings. The number of sulfonamides is 1. The third kappa shape index (κ3) is 4.27. The Hall–Kier alpha value is -1.47. The van der Waals surface area contributed by atoms with E-state index in [4.69, 9.17) is 0 Å².